The summed E-state index contributed by atoms with van der Waals surface area (Å²) < 4.78 is 129. The molecule has 8 aromatic rings. The van der Waals surface area contributed by atoms with Gasteiger partial charge in [-0.3, -0.25) is 0 Å². The van der Waals surface area contributed by atoms with Gasteiger partial charge in [0.05, 0.1) is 337 Å². The highest BCUT2D eigenvalue weighted by atomic mass is 16.6. The van der Waals surface area contributed by atoms with Crippen LogP contribution in [0.2, 0.25) is 0 Å². The highest BCUT2D eigenvalue weighted by Crippen LogP contribution is 2.43. The second-order valence-electron chi connectivity index (χ2n) is 34.2. The van der Waals surface area contributed by atoms with Crippen LogP contribution in [0.4, 0.5) is 0 Å². The van der Waals surface area contributed by atoms with Gasteiger partial charge in [-0.15, -0.1) is 0 Å². The van der Waals surface area contributed by atoms with Gasteiger partial charge in [0.2, 0.25) is 0 Å². The van der Waals surface area contributed by atoms with Crippen LogP contribution in [-0.2, 0) is 85.3 Å². The first-order valence-electron chi connectivity index (χ1n) is 48.9. The molecule has 0 heterocycles. The molecule has 0 spiro atoms. The Balaban J connectivity index is 1.20. The Bertz CT molecular complexity index is 4190. The second kappa shape index (κ2) is 75.7. The fourth-order valence-corrected chi connectivity index (χ4v) is 15.0. The summed E-state index contributed by atoms with van der Waals surface area (Å²) in [4.78, 5) is 0. The summed E-state index contributed by atoms with van der Waals surface area (Å²) in [7, 11) is 0. The van der Waals surface area contributed by atoms with Crippen molar-refractivity contribution < 1.29 is 161 Å². The van der Waals surface area contributed by atoms with Crippen LogP contribution in [0.15, 0.2) is 188 Å². The number of aliphatic hydroxyl groups excluding tert-OH is 12. The third-order valence-electron chi connectivity index (χ3n) is 22.2. The molecular formula is C108H154O33. The third-order valence-corrected chi connectivity index (χ3v) is 22.2. The Kier molecular flexibility index (Phi) is 63.4. The molecule has 141 heavy (non-hydrogen) atoms. The minimum atomic E-state index is -0.479. The molecule has 0 amide bonds. The van der Waals surface area contributed by atoms with Gasteiger partial charge in [-0.05, 0) is 91.0 Å². The van der Waals surface area contributed by atoms with Crippen molar-refractivity contribution in [1.29, 1.82) is 0 Å². The predicted octanol–water partition coefficient (Wildman–Crippen LogP) is 8.24. The van der Waals surface area contributed by atoms with Crippen molar-refractivity contribution in [1.82, 2.24) is 0 Å². The highest BCUT2D eigenvalue weighted by Gasteiger charge is 2.26. The van der Waals surface area contributed by atoms with Crippen molar-refractivity contribution in [3.8, 4) is 95.1 Å². The smallest absolute Gasteiger partial charge is 0.128 e. The summed E-state index contributed by atoms with van der Waals surface area (Å²) in [6.45, 7) is 3.59. The van der Waals surface area contributed by atoms with Gasteiger partial charge in [0.25, 0.3) is 0 Å². The Labute approximate surface area is 830 Å². The number of benzene rings is 8. The largest absolute Gasteiger partial charge is 0.493 e. The van der Waals surface area contributed by atoms with E-state index in [9.17, 15) is 61.3 Å². The summed E-state index contributed by atoms with van der Waals surface area (Å²) in [5.74, 6) is -1.62. The molecule has 0 unspecified atom stereocenters. The SMILES string of the molecule is OCCOCC(COCCO)COCC(COCC(COCCO)COCCO)COc1ccc(-c2cc(OCC(COCC(COCCO)COCCO)COCC(COCCO)COCCO)c(-c3ccc(-c4ccc(-c5ccc(-c6ccc(-c7ccc(-c8ccccc8)cc7)cc6)cc5)cc4)cc3)cc2OCC(COCC(COCCO)COCCO)COCC(COCCO)COCCO)cc1. The Hall–Kier alpha value is -8.04. The molecule has 0 aliphatic carbocycles. The van der Waals surface area contributed by atoms with Crippen molar-refractivity contribution in [3.05, 3.63) is 188 Å². The lowest BCUT2D eigenvalue weighted by atomic mass is 9.95. The predicted molar refractivity (Wildman–Crippen MR) is 532 cm³/mol. The molecule has 0 bridgehead atoms. The first-order chi connectivity index (χ1) is 69.5. The zero-order valence-corrected chi connectivity index (χ0v) is 81.6. The van der Waals surface area contributed by atoms with Gasteiger partial charge in [0.15, 0.2) is 0 Å². The zero-order chi connectivity index (χ0) is 99.8. The van der Waals surface area contributed by atoms with Crippen LogP contribution >= 0.6 is 0 Å². The van der Waals surface area contributed by atoms with E-state index in [-0.39, 0.29) is 378 Å². The Morgan fingerprint density at radius 3 is 0.461 bits per heavy atom. The number of rotatable bonds is 88. The van der Waals surface area contributed by atoms with Crippen LogP contribution in [0.5, 0.6) is 17.2 Å². The molecule has 0 saturated carbocycles. The summed E-state index contributed by atoms with van der Waals surface area (Å²) in [5, 5.41) is 115. The average Bonchev–Trinajstić information content (AvgIpc) is 0.782. The van der Waals surface area contributed by atoms with E-state index < -0.39 is 11.8 Å². The molecule has 784 valence electrons. The summed E-state index contributed by atoms with van der Waals surface area (Å²) >= 11 is 0. The van der Waals surface area contributed by atoms with E-state index in [0.717, 1.165) is 50.1 Å². The zero-order valence-electron chi connectivity index (χ0n) is 81.6. The maximum atomic E-state index is 9.66. The first kappa shape index (κ1) is 118. The fourth-order valence-electron chi connectivity index (χ4n) is 15.0. The van der Waals surface area contributed by atoms with Gasteiger partial charge in [-0.1, -0.05) is 164 Å². The van der Waals surface area contributed by atoms with Crippen LogP contribution < -0.4 is 14.2 Å². The normalized spacial score (nSPS) is 12.0. The molecule has 33 nitrogen and oxygen atoms in total. The monoisotopic (exact) mass is 1980 g/mol. The van der Waals surface area contributed by atoms with Crippen molar-refractivity contribution in [2.24, 2.45) is 53.3 Å². The van der Waals surface area contributed by atoms with E-state index in [2.05, 4.69) is 121 Å². The van der Waals surface area contributed by atoms with Crippen LogP contribution in [0.1, 0.15) is 0 Å². The molecule has 0 aromatic heterocycles. The molecule has 0 aliphatic rings. The molecule has 12 N–H and O–H groups in total. The molecule has 0 fully saturated rings. The highest BCUT2D eigenvalue weighted by molar-refractivity contribution is 5.83. The van der Waals surface area contributed by atoms with E-state index in [1.807, 2.05) is 66.7 Å². The Morgan fingerprint density at radius 1 is 0.142 bits per heavy atom. The molecule has 8 rings (SSSR count). The molecule has 0 aliphatic heterocycles. The third kappa shape index (κ3) is 48.2. The Morgan fingerprint density at radius 2 is 0.284 bits per heavy atom. The minimum Gasteiger partial charge on any atom is -0.493 e. The number of hydrogen-bond acceptors (Lipinski definition) is 33. The van der Waals surface area contributed by atoms with Gasteiger partial charge in [0.1, 0.15) is 17.2 Å². The van der Waals surface area contributed by atoms with Crippen LogP contribution in [0.25, 0.3) is 77.9 Å². The lowest BCUT2D eigenvalue weighted by Gasteiger charge is -2.25. The van der Waals surface area contributed by atoms with Crippen LogP contribution in [-0.4, -0.2) is 398 Å². The average molecular weight is 1980 g/mol. The maximum absolute atomic E-state index is 9.66. The minimum absolute atomic E-state index is 0.0148. The van der Waals surface area contributed by atoms with Crippen LogP contribution in [0.3, 0.4) is 0 Å². The standard InChI is InChI=1S/C108H154O33/c109-30-42-121-56-83(57-122-43-31-110)68-133-74-89(75-134-69-84(58-123-44-32-111)59-124-45-33-112)80-139-104-28-26-103(27-29-104)106-55-107(140-81-90(76-135-70-85(60-125-46-34-113)61-126-47-35-114)77-136-71-86(62-127-48-36-115)63-128-49-37-116)105(54-108(106)141-82-91(78-137-72-87(64-129-50-38-117)65-130-51-39-118)79-138-73-88(66-131-52-40-119)67-132-53-41-120)102-24-22-101(23-25-102)100-20-18-99(19-21-100)98-16-14-97(15-17-98)96-12-10-95(11-13-96)94-8-6-93(7-9-94)92-4-2-1-3-5-92/h1-29,54-55,83-91,109-120H,30-53,56-82H2. The van der Waals surface area contributed by atoms with Crippen molar-refractivity contribution in [2.75, 3.05) is 337 Å². The van der Waals surface area contributed by atoms with Gasteiger partial charge in [-0.25, -0.2) is 0 Å². The van der Waals surface area contributed by atoms with Gasteiger partial charge >= 0.3 is 0 Å². The lowest BCUT2D eigenvalue weighted by molar-refractivity contribution is -0.0478. The van der Waals surface area contributed by atoms with E-state index in [4.69, 9.17) is 99.5 Å². The molecule has 33 heteroatoms. The lowest BCUT2D eigenvalue weighted by Crippen LogP contribution is -2.30. The quantitative estimate of drug-likeness (QED) is 0.0160. The molecular weight excluding hydrogens is 1830 g/mol. The summed E-state index contributed by atoms with van der Waals surface area (Å²) in [6, 6.07) is 64.4. The number of hydrogen-bond donors (Lipinski definition) is 12. The van der Waals surface area contributed by atoms with Gasteiger partial charge in [-0.2, -0.15) is 0 Å². The van der Waals surface area contributed by atoms with E-state index in [0.29, 0.717) is 33.9 Å². The maximum Gasteiger partial charge on any atom is 0.128 e. The van der Waals surface area contributed by atoms with E-state index >= 15 is 0 Å². The van der Waals surface area contributed by atoms with Crippen molar-refractivity contribution in [2.45, 2.75) is 0 Å². The number of ether oxygens (including phenoxy) is 21. The molecule has 0 saturated heterocycles. The molecule has 8 aromatic carbocycles. The number of aliphatic hydroxyl groups is 12. The topological polar surface area (TPSA) is 437 Å². The fraction of sp³-hybridized carbons (Fsp3) is 0.556. The molecule has 0 radical (unpaired) electrons. The summed E-state index contributed by atoms with van der Waals surface area (Å²) in [6.07, 6.45) is 0. The van der Waals surface area contributed by atoms with Crippen molar-refractivity contribution in [3.63, 3.8) is 0 Å². The van der Waals surface area contributed by atoms with Gasteiger partial charge in [0, 0.05) is 64.4 Å². The first-order valence-corrected chi connectivity index (χ1v) is 48.9. The second-order valence-corrected chi connectivity index (χ2v) is 34.2. The van der Waals surface area contributed by atoms with E-state index in [1.165, 1.54) is 11.1 Å². The van der Waals surface area contributed by atoms with E-state index in [1.54, 1.807) is 0 Å². The summed E-state index contributed by atoms with van der Waals surface area (Å²) in [5.41, 5.74) is 13.5. The van der Waals surface area contributed by atoms with Gasteiger partial charge < -0.3 is 161 Å². The van der Waals surface area contributed by atoms with Crippen LogP contribution in [0, 0.1) is 53.3 Å². The van der Waals surface area contributed by atoms with Crippen molar-refractivity contribution >= 4 is 0 Å². The molecule has 0 atom stereocenters.